The quantitative estimate of drug-likeness (QED) is 0.605. The molecule has 3 nitrogen and oxygen atoms in total. The molecule has 2 aromatic carbocycles. The van der Waals surface area contributed by atoms with Gasteiger partial charge in [-0.2, -0.15) is 0 Å². The lowest BCUT2D eigenvalue weighted by Gasteiger charge is -2.08. The van der Waals surface area contributed by atoms with E-state index in [0.29, 0.717) is 10.8 Å². The molecule has 0 spiro atoms. The van der Waals surface area contributed by atoms with Crippen LogP contribution in [-0.4, -0.2) is 14.8 Å². The third-order valence-corrected chi connectivity index (χ3v) is 4.77. The van der Waals surface area contributed by atoms with E-state index in [4.69, 9.17) is 11.6 Å². The van der Waals surface area contributed by atoms with Gasteiger partial charge >= 0.3 is 0 Å². The van der Waals surface area contributed by atoms with Crippen LogP contribution in [-0.2, 0) is 12.3 Å². The number of rotatable bonds is 5. The van der Waals surface area contributed by atoms with Crippen LogP contribution in [0.25, 0.3) is 11.4 Å². The molecule has 3 rings (SSSR count). The Labute approximate surface area is 143 Å². The molecule has 1 aromatic heterocycles. The topological polar surface area (TPSA) is 30.7 Å². The maximum atomic E-state index is 13.3. The van der Waals surface area contributed by atoms with Crippen molar-refractivity contribution in [2.45, 2.75) is 24.4 Å². The van der Waals surface area contributed by atoms with Gasteiger partial charge in [0.05, 0.1) is 5.02 Å². The van der Waals surface area contributed by atoms with Crippen molar-refractivity contribution in [3.63, 3.8) is 0 Å². The number of halogens is 2. The zero-order valence-electron chi connectivity index (χ0n) is 12.5. The molecular formula is C17H15ClFN3S. The predicted molar refractivity (Wildman–Crippen MR) is 92.1 cm³/mol. The SMILES string of the molecule is CCn1c(SCc2cccc(F)c2)nnc1-c1ccccc1Cl. The minimum absolute atomic E-state index is 0.225. The van der Waals surface area contributed by atoms with Gasteiger partial charge in [0.25, 0.3) is 0 Å². The van der Waals surface area contributed by atoms with Gasteiger partial charge in [0.1, 0.15) is 5.82 Å². The molecule has 0 atom stereocenters. The molecule has 118 valence electrons. The predicted octanol–water partition coefficient (Wildman–Crippen LogP) is 5.05. The zero-order valence-corrected chi connectivity index (χ0v) is 14.1. The van der Waals surface area contributed by atoms with Gasteiger partial charge in [-0.25, -0.2) is 4.39 Å². The average molecular weight is 348 g/mol. The Balaban J connectivity index is 1.85. The van der Waals surface area contributed by atoms with Crippen molar-refractivity contribution >= 4 is 23.4 Å². The standard InChI is InChI=1S/C17H15ClFN3S/c1-2-22-16(14-8-3-4-9-15(14)18)20-21-17(22)23-11-12-6-5-7-13(19)10-12/h3-10H,2,11H2,1H3. The van der Waals surface area contributed by atoms with Crippen LogP contribution in [0.4, 0.5) is 4.39 Å². The van der Waals surface area contributed by atoms with Gasteiger partial charge < -0.3 is 4.57 Å². The first kappa shape index (κ1) is 16.0. The van der Waals surface area contributed by atoms with Crippen molar-refractivity contribution < 1.29 is 4.39 Å². The first-order valence-corrected chi connectivity index (χ1v) is 8.60. The Morgan fingerprint density at radius 3 is 2.70 bits per heavy atom. The molecule has 0 unspecified atom stereocenters. The maximum Gasteiger partial charge on any atom is 0.191 e. The van der Waals surface area contributed by atoms with Crippen molar-refractivity contribution in [1.82, 2.24) is 14.8 Å². The number of thioether (sulfide) groups is 1. The van der Waals surface area contributed by atoms with Crippen LogP contribution in [0.15, 0.2) is 53.7 Å². The summed E-state index contributed by atoms with van der Waals surface area (Å²) in [4.78, 5) is 0. The number of nitrogens with zero attached hydrogens (tertiary/aromatic N) is 3. The normalized spacial score (nSPS) is 10.9. The number of hydrogen-bond acceptors (Lipinski definition) is 3. The fourth-order valence-electron chi connectivity index (χ4n) is 2.30. The van der Waals surface area contributed by atoms with E-state index >= 15 is 0 Å². The number of benzene rings is 2. The summed E-state index contributed by atoms with van der Waals surface area (Å²) in [6.07, 6.45) is 0. The highest BCUT2D eigenvalue weighted by Crippen LogP contribution is 2.30. The van der Waals surface area contributed by atoms with Crippen molar-refractivity contribution in [1.29, 1.82) is 0 Å². The van der Waals surface area contributed by atoms with Crippen LogP contribution in [0.5, 0.6) is 0 Å². The Morgan fingerprint density at radius 1 is 1.13 bits per heavy atom. The third-order valence-electron chi connectivity index (χ3n) is 3.40. The first-order chi connectivity index (χ1) is 11.2. The molecule has 0 amide bonds. The second kappa shape index (κ2) is 7.15. The van der Waals surface area contributed by atoms with E-state index in [2.05, 4.69) is 10.2 Å². The van der Waals surface area contributed by atoms with Crippen LogP contribution >= 0.6 is 23.4 Å². The van der Waals surface area contributed by atoms with E-state index in [1.54, 1.807) is 6.07 Å². The lowest BCUT2D eigenvalue weighted by molar-refractivity contribution is 0.626. The fraction of sp³-hybridized carbons (Fsp3) is 0.176. The molecule has 3 aromatic rings. The molecule has 0 bridgehead atoms. The molecule has 0 aliphatic carbocycles. The summed E-state index contributed by atoms with van der Waals surface area (Å²) >= 11 is 7.79. The highest BCUT2D eigenvalue weighted by atomic mass is 35.5. The molecule has 0 aliphatic rings. The summed E-state index contributed by atoms with van der Waals surface area (Å²) in [5.74, 6) is 1.16. The molecule has 6 heteroatoms. The van der Waals surface area contributed by atoms with Gasteiger partial charge in [-0.05, 0) is 36.8 Å². The third kappa shape index (κ3) is 3.57. The van der Waals surface area contributed by atoms with Gasteiger partial charge in [0.15, 0.2) is 11.0 Å². The first-order valence-electron chi connectivity index (χ1n) is 7.24. The van der Waals surface area contributed by atoms with Gasteiger partial charge in [-0.15, -0.1) is 10.2 Å². The molecule has 0 saturated carbocycles. The summed E-state index contributed by atoms with van der Waals surface area (Å²) in [5.41, 5.74) is 1.78. The molecule has 0 aliphatic heterocycles. The van der Waals surface area contributed by atoms with Gasteiger partial charge in [-0.3, -0.25) is 0 Å². The minimum Gasteiger partial charge on any atom is -0.302 e. The highest BCUT2D eigenvalue weighted by Gasteiger charge is 2.15. The highest BCUT2D eigenvalue weighted by molar-refractivity contribution is 7.98. The van der Waals surface area contributed by atoms with Crippen molar-refractivity contribution in [2.75, 3.05) is 0 Å². The van der Waals surface area contributed by atoms with Gasteiger partial charge in [-0.1, -0.05) is 47.6 Å². The molecule has 1 heterocycles. The van der Waals surface area contributed by atoms with Crippen molar-refractivity contribution in [2.24, 2.45) is 0 Å². The van der Waals surface area contributed by atoms with E-state index in [1.165, 1.54) is 23.9 Å². The summed E-state index contributed by atoms with van der Waals surface area (Å²) in [6.45, 7) is 2.77. The van der Waals surface area contributed by atoms with E-state index in [-0.39, 0.29) is 5.82 Å². The van der Waals surface area contributed by atoms with E-state index < -0.39 is 0 Å². The van der Waals surface area contributed by atoms with Crippen LogP contribution in [0, 0.1) is 5.82 Å². The molecule has 0 fully saturated rings. The van der Waals surface area contributed by atoms with Crippen molar-refractivity contribution in [3.8, 4) is 11.4 Å². The summed E-state index contributed by atoms with van der Waals surface area (Å²) in [6, 6.07) is 14.2. The van der Waals surface area contributed by atoms with Gasteiger partial charge in [0, 0.05) is 17.9 Å². The Hall–Kier alpha value is -1.85. The molecule has 23 heavy (non-hydrogen) atoms. The summed E-state index contributed by atoms with van der Waals surface area (Å²) in [5, 5.41) is 9.99. The minimum atomic E-state index is -0.225. The van der Waals surface area contributed by atoms with Crippen LogP contribution in [0.2, 0.25) is 5.02 Å². The second-order valence-electron chi connectivity index (χ2n) is 4.95. The lowest BCUT2D eigenvalue weighted by atomic mass is 10.2. The van der Waals surface area contributed by atoms with Crippen molar-refractivity contribution in [3.05, 3.63) is 64.9 Å². The molecule has 0 N–H and O–H groups in total. The Morgan fingerprint density at radius 2 is 1.96 bits per heavy atom. The summed E-state index contributed by atoms with van der Waals surface area (Å²) in [7, 11) is 0. The smallest absolute Gasteiger partial charge is 0.191 e. The average Bonchev–Trinajstić information content (AvgIpc) is 2.96. The van der Waals surface area contributed by atoms with Gasteiger partial charge in [0.2, 0.25) is 0 Å². The Kier molecular flexibility index (Phi) is 4.98. The van der Waals surface area contributed by atoms with Crippen LogP contribution < -0.4 is 0 Å². The molecule has 0 radical (unpaired) electrons. The summed E-state index contributed by atoms with van der Waals surface area (Å²) < 4.78 is 15.3. The molecular weight excluding hydrogens is 333 g/mol. The maximum absolute atomic E-state index is 13.3. The number of hydrogen-bond donors (Lipinski definition) is 0. The molecule has 0 saturated heterocycles. The van der Waals surface area contributed by atoms with Crippen LogP contribution in [0.3, 0.4) is 0 Å². The Bertz CT molecular complexity index is 819. The second-order valence-corrected chi connectivity index (χ2v) is 6.30. The van der Waals surface area contributed by atoms with E-state index in [0.717, 1.165) is 28.7 Å². The number of aromatic nitrogens is 3. The van der Waals surface area contributed by atoms with E-state index in [9.17, 15) is 4.39 Å². The van der Waals surface area contributed by atoms with E-state index in [1.807, 2.05) is 41.8 Å². The lowest BCUT2D eigenvalue weighted by Crippen LogP contribution is -2.00. The largest absolute Gasteiger partial charge is 0.302 e. The monoisotopic (exact) mass is 347 g/mol. The fourth-order valence-corrected chi connectivity index (χ4v) is 3.46. The zero-order chi connectivity index (χ0) is 16.2. The van der Waals surface area contributed by atoms with Crippen LogP contribution in [0.1, 0.15) is 12.5 Å².